The zero-order valence-corrected chi connectivity index (χ0v) is 17.4. The zero-order chi connectivity index (χ0) is 21.7. The number of nitro groups is 1. The molecule has 1 fully saturated rings. The van der Waals surface area contributed by atoms with Gasteiger partial charge in [-0.1, -0.05) is 17.7 Å². The Bertz CT molecular complexity index is 1010. The minimum absolute atomic E-state index is 0.00460. The maximum absolute atomic E-state index is 12.9. The molecule has 3 rings (SSSR count). The predicted molar refractivity (Wildman–Crippen MR) is 113 cm³/mol. The molecule has 160 valence electrons. The van der Waals surface area contributed by atoms with Crippen LogP contribution in [0, 0.1) is 17.0 Å². The molecule has 30 heavy (non-hydrogen) atoms. The molecule has 0 aromatic heterocycles. The largest absolute Gasteiger partial charge is 0.383 e. The van der Waals surface area contributed by atoms with Gasteiger partial charge in [0.1, 0.15) is 6.04 Å². The maximum Gasteiger partial charge on any atom is 0.269 e. The number of non-ortho nitro benzene ring substituents is 1. The summed E-state index contributed by atoms with van der Waals surface area (Å²) in [5.74, 6) is -0.325. The molecule has 2 aromatic carbocycles. The number of hydrogen-bond donors (Lipinski definition) is 2. The number of nitrogens with one attached hydrogen (secondary N) is 2. The SMILES string of the molecule is Cc1ccc(S(=O)(=O)N2CCC[C@H]2C(=O)NCCNc2ccc([N+](=O)[O-])cc2)cc1. The second-order valence-corrected chi connectivity index (χ2v) is 9.00. The molecule has 2 N–H and O–H groups in total. The number of nitro benzene ring substituents is 1. The van der Waals surface area contributed by atoms with Crippen molar-refractivity contribution in [3.63, 3.8) is 0 Å². The van der Waals surface area contributed by atoms with E-state index in [0.29, 0.717) is 38.2 Å². The van der Waals surface area contributed by atoms with Crippen LogP contribution in [0.5, 0.6) is 0 Å². The molecule has 1 aliphatic rings. The van der Waals surface area contributed by atoms with Gasteiger partial charge in [-0.15, -0.1) is 0 Å². The predicted octanol–water partition coefficient (Wildman–Crippen LogP) is 2.28. The van der Waals surface area contributed by atoms with Crippen molar-refractivity contribution >= 4 is 27.3 Å². The van der Waals surface area contributed by atoms with Gasteiger partial charge in [0.25, 0.3) is 5.69 Å². The topological polar surface area (TPSA) is 122 Å². The molecule has 0 saturated carbocycles. The van der Waals surface area contributed by atoms with Gasteiger partial charge in [-0.2, -0.15) is 4.31 Å². The number of anilines is 1. The van der Waals surface area contributed by atoms with Gasteiger partial charge >= 0.3 is 0 Å². The maximum atomic E-state index is 12.9. The summed E-state index contributed by atoms with van der Waals surface area (Å²) in [6.45, 7) is 2.90. The average molecular weight is 433 g/mol. The summed E-state index contributed by atoms with van der Waals surface area (Å²) in [6, 6.07) is 11.8. The third kappa shape index (κ3) is 4.95. The first-order valence-corrected chi connectivity index (χ1v) is 11.1. The molecule has 0 bridgehead atoms. The standard InChI is InChI=1S/C20H24N4O5S/c1-15-4-10-18(11-5-15)30(28,29)23-14-2-3-19(23)20(25)22-13-12-21-16-6-8-17(9-7-16)24(26)27/h4-11,19,21H,2-3,12-14H2,1H3,(H,22,25)/t19-/m0/s1. The Morgan fingerprint density at radius 2 is 1.80 bits per heavy atom. The molecule has 1 atom stereocenters. The Morgan fingerprint density at radius 3 is 2.43 bits per heavy atom. The van der Waals surface area contributed by atoms with E-state index in [0.717, 1.165) is 5.56 Å². The van der Waals surface area contributed by atoms with Gasteiger partial charge < -0.3 is 10.6 Å². The number of sulfonamides is 1. The first kappa shape index (κ1) is 21.7. The number of rotatable bonds is 8. The second-order valence-electron chi connectivity index (χ2n) is 7.11. The molecular weight excluding hydrogens is 408 g/mol. The minimum Gasteiger partial charge on any atom is -0.383 e. The Labute approximate surface area is 175 Å². The monoisotopic (exact) mass is 432 g/mol. The van der Waals surface area contributed by atoms with Crippen LogP contribution >= 0.6 is 0 Å². The molecule has 1 amide bonds. The number of carbonyl (C=O) groups excluding carboxylic acids is 1. The lowest BCUT2D eigenvalue weighted by atomic mass is 10.2. The molecule has 0 aliphatic carbocycles. The summed E-state index contributed by atoms with van der Waals surface area (Å²) in [4.78, 5) is 23.0. The first-order valence-electron chi connectivity index (χ1n) is 9.63. The Morgan fingerprint density at radius 1 is 1.13 bits per heavy atom. The van der Waals surface area contributed by atoms with Crippen LogP contribution in [-0.4, -0.2) is 49.2 Å². The third-order valence-electron chi connectivity index (χ3n) is 4.97. The Balaban J connectivity index is 1.54. The van der Waals surface area contributed by atoms with Gasteiger partial charge in [-0.3, -0.25) is 14.9 Å². The van der Waals surface area contributed by atoms with Crippen LogP contribution in [0.4, 0.5) is 11.4 Å². The molecule has 10 heteroatoms. The summed E-state index contributed by atoms with van der Waals surface area (Å²) in [5, 5.41) is 16.5. The van der Waals surface area contributed by atoms with E-state index in [2.05, 4.69) is 10.6 Å². The fraction of sp³-hybridized carbons (Fsp3) is 0.350. The van der Waals surface area contributed by atoms with Crippen LogP contribution in [0.15, 0.2) is 53.4 Å². The van der Waals surface area contributed by atoms with Gasteiger partial charge in [0.15, 0.2) is 0 Å². The van der Waals surface area contributed by atoms with E-state index in [9.17, 15) is 23.3 Å². The number of aryl methyl sites for hydroxylation is 1. The fourth-order valence-corrected chi connectivity index (χ4v) is 5.00. The number of benzene rings is 2. The number of carbonyl (C=O) groups is 1. The van der Waals surface area contributed by atoms with Crippen LogP contribution in [0.25, 0.3) is 0 Å². The summed E-state index contributed by atoms with van der Waals surface area (Å²) in [7, 11) is -3.73. The molecule has 2 aromatic rings. The highest BCUT2D eigenvalue weighted by Gasteiger charge is 2.39. The lowest BCUT2D eigenvalue weighted by Crippen LogP contribution is -2.46. The van der Waals surface area contributed by atoms with Gasteiger partial charge in [-0.05, 0) is 44.0 Å². The molecule has 0 spiro atoms. The van der Waals surface area contributed by atoms with Crippen LogP contribution in [0.2, 0.25) is 0 Å². The molecule has 0 radical (unpaired) electrons. The molecule has 0 unspecified atom stereocenters. The van der Waals surface area contributed by atoms with E-state index >= 15 is 0 Å². The quantitative estimate of drug-likeness (QED) is 0.375. The van der Waals surface area contributed by atoms with Crippen molar-refractivity contribution in [2.24, 2.45) is 0 Å². The highest BCUT2D eigenvalue weighted by molar-refractivity contribution is 7.89. The summed E-state index contributed by atoms with van der Waals surface area (Å²) < 4.78 is 27.1. The van der Waals surface area contributed by atoms with Crippen molar-refractivity contribution < 1.29 is 18.1 Å². The van der Waals surface area contributed by atoms with E-state index in [4.69, 9.17) is 0 Å². The zero-order valence-electron chi connectivity index (χ0n) is 16.6. The van der Waals surface area contributed by atoms with Gasteiger partial charge in [0.05, 0.1) is 9.82 Å². The third-order valence-corrected chi connectivity index (χ3v) is 6.89. The number of nitrogens with zero attached hydrogens (tertiary/aromatic N) is 2. The van der Waals surface area contributed by atoms with Crippen LogP contribution in [-0.2, 0) is 14.8 Å². The van der Waals surface area contributed by atoms with E-state index in [-0.39, 0.29) is 16.5 Å². The summed E-state index contributed by atoms with van der Waals surface area (Å²) in [5.41, 5.74) is 1.66. The van der Waals surface area contributed by atoms with Crippen molar-refractivity contribution in [1.82, 2.24) is 9.62 Å². The van der Waals surface area contributed by atoms with Crippen LogP contribution < -0.4 is 10.6 Å². The average Bonchev–Trinajstić information content (AvgIpc) is 3.23. The second kappa shape index (κ2) is 9.23. The summed E-state index contributed by atoms with van der Waals surface area (Å²) >= 11 is 0. The first-order chi connectivity index (χ1) is 14.3. The normalized spacial score (nSPS) is 16.9. The van der Waals surface area contributed by atoms with Crippen LogP contribution in [0.3, 0.4) is 0 Å². The van der Waals surface area contributed by atoms with Gasteiger partial charge in [-0.25, -0.2) is 8.42 Å². The van der Waals surface area contributed by atoms with Gasteiger partial charge in [0, 0.05) is 37.5 Å². The van der Waals surface area contributed by atoms with Crippen molar-refractivity contribution in [3.8, 4) is 0 Å². The van der Waals surface area contributed by atoms with Crippen molar-refractivity contribution in [2.75, 3.05) is 25.0 Å². The highest BCUT2D eigenvalue weighted by Crippen LogP contribution is 2.26. The molecular formula is C20H24N4O5S. The molecule has 1 aliphatic heterocycles. The Kier molecular flexibility index (Phi) is 6.68. The molecule has 1 saturated heterocycles. The molecule has 1 heterocycles. The van der Waals surface area contributed by atoms with Crippen LogP contribution in [0.1, 0.15) is 18.4 Å². The van der Waals surface area contributed by atoms with E-state index in [1.165, 1.54) is 16.4 Å². The fourth-order valence-electron chi connectivity index (χ4n) is 3.35. The van der Waals surface area contributed by atoms with E-state index in [1.54, 1.807) is 36.4 Å². The van der Waals surface area contributed by atoms with Crippen molar-refractivity contribution in [3.05, 3.63) is 64.2 Å². The minimum atomic E-state index is -3.73. The Hall–Kier alpha value is -2.98. The lowest BCUT2D eigenvalue weighted by molar-refractivity contribution is -0.384. The highest BCUT2D eigenvalue weighted by atomic mass is 32.2. The van der Waals surface area contributed by atoms with Crippen molar-refractivity contribution in [1.29, 1.82) is 0 Å². The van der Waals surface area contributed by atoms with E-state index < -0.39 is 21.0 Å². The number of amides is 1. The lowest BCUT2D eigenvalue weighted by Gasteiger charge is -2.23. The number of hydrogen-bond acceptors (Lipinski definition) is 6. The van der Waals surface area contributed by atoms with Crippen molar-refractivity contribution in [2.45, 2.75) is 30.7 Å². The summed E-state index contributed by atoms with van der Waals surface area (Å²) in [6.07, 6.45) is 1.11. The molecule has 9 nitrogen and oxygen atoms in total. The van der Waals surface area contributed by atoms with E-state index in [1.807, 2.05) is 6.92 Å². The van der Waals surface area contributed by atoms with Gasteiger partial charge in [0.2, 0.25) is 15.9 Å². The smallest absolute Gasteiger partial charge is 0.269 e.